The normalized spacial score (nSPS) is 14.1. The molecule has 0 radical (unpaired) electrons. The SMILES string of the molecule is CCCOCC1=[C]([Ti+2])CC=C1.[Cl-].[Cl-]. The van der Waals surface area contributed by atoms with Crippen LogP contribution in [0.1, 0.15) is 19.8 Å². The third kappa shape index (κ3) is 5.93. The fraction of sp³-hybridized carbons (Fsp3) is 0.556. The van der Waals surface area contributed by atoms with Crippen LogP contribution in [0.3, 0.4) is 0 Å². The first-order valence-corrected chi connectivity index (χ1v) is 4.80. The first-order valence-electron chi connectivity index (χ1n) is 4.02. The van der Waals surface area contributed by atoms with E-state index in [2.05, 4.69) is 39.5 Å². The molecule has 0 bridgehead atoms. The van der Waals surface area contributed by atoms with Crippen molar-refractivity contribution in [3.63, 3.8) is 0 Å². The first kappa shape index (κ1) is 16.2. The molecule has 1 rings (SSSR count). The van der Waals surface area contributed by atoms with Crippen LogP contribution in [0.2, 0.25) is 0 Å². The molecule has 0 aromatic heterocycles. The van der Waals surface area contributed by atoms with Gasteiger partial charge in [0.2, 0.25) is 0 Å². The Labute approximate surface area is 104 Å². The second kappa shape index (κ2) is 9.30. The monoisotopic (exact) mass is 255 g/mol. The number of hydrogen-bond donors (Lipinski definition) is 0. The topological polar surface area (TPSA) is 9.23 Å². The number of hydrogen-bond acceptors (Lipinski definition) is 1. The van der Waals surface area contributed by atoms with Crippen molar-refractivity contribution in [1.29, 1.82) is 0 Å². The maximum Gasteiger partial charge on any atom is -1.00 e. The Morgan fingerprint density at radius 1 is 1.46 bits per heavy atom. The zero-order chi connectivity index (χ0) is 8.10. The summed E-state index contributed by atoms with van der Waals surface area (Å²) in [7, 11) is 0. The Hall–Kier alpha value is 0.734. The molecule has 0 unspecified atom stereocenters. The number of rotatable bonds is 4. The van der Waals surface area contributed by atoms with Gasteiger partial charge in [0.15, 0.2) is 0 Å². The van der Waals surface area contributed by atoms with Gasteiger partial charge in [-0.3, -0.25) is 0 Å². The fourth-order valence-corrected chi connectivity index (χ4v) is 1.44. The number of halogens is 2. The minimum Gasteiger partial charge on any atom is -1.00 e. The summed E-state index contributed by atoms with van der Waals surface area (Å²) in [6, 6.07) is 0. The van der Waals surface area contributed by atoms with E-state index >= 15 is 0 Å². The van der Waals surface area contributed by atoms with Crippen molar-refractivity contribution >= 4 is 0 Å². The zero-order valence-electron chi connectivity index (χ0n) is 7.65. The predicted molar refractivity (Wildman–Crippen MR) is 41.9 cm³/mol. The molecule has 13 heavy (non-hydrogen) atoms. The summed E-state index contributed by atoms with van der Waals surface area (Å²) < 4.78 is 6.89. The minimum absolute atomic E-state index is 0. The van der Waals surface area contributed by atoms with Crippen LogP contribution in [-0.2, 0) is 25.2 Å². The van der Waals surface area contributed by atoms with Crippen molar-refractivity contribution in [2.75, 3.05) is 13.2 Å². The maximum absolute atomic E-state index is 5.43. The molecule has 0 aromatic rings. The standard InChI is InChI=1S/C9H13O.2ClH.Ti/c1-2-7-10-8-9-5-3-4-6-9;;;/h3,5H,2,4,7-8H2,1H3;2*1H;/q;;;+2/p-2. The Morgan fingerprint density at radius 2 is 2.15 bits per heavy atom. The molecular weight excluding hydrogens is 243 g/mol. The van der Waals surface area contributed by atoms with E-state index in [1.54, 1.807) is 0 Å². The average molecular weight is 256 g/mol. The van der Waals surface area contributed by atoms with E-state index in [0.29, 0.717) is 0 Å². The molecule has 1 nitrogen and oxygen atoms in total. The molecule has 0 saturated carbocycles. The summed E-state index contributed by atoms with van der Waals surface area (Å²) >= 11 is 2.17. The second-order valence-electron chi connectivity index (χ2n) is 2.66. The summed E-state index contributed by atoms with van der Waals surface area (Å²) in [5.74, 6) is 0. The summed E-state index contributed by atoms with van der Waals surface area (Å²) in [6.45, 7) is 3.81. The molecule has 1 aliphatic rings. The molecule has 0 saturated heterocycles. The Kier molecular flexibility index (Phi) is 11.6. The largest absolute Gasteiger partial charge is 1.00 e. The van der Waals surface area contributed by atoms with Gasteiger partial charge >= 0.3 is 79.8 Å². The summed E-state index contributed by atoms with van der Waals surface area (Å²) in [6.07, 6.45) is 6.59. The van der Waals surface area contributed by atoms with Crippen LogP contribution in [0.15, 0.2) is 21.6 Å². The summed E-state index contributed by atoms with van der Waals surface area (Å²) in [4.78, 5) is 0. The van der Waals surface area contributed by atoms with Gasteiger partial charge in [0.05, 0.1) is 0 Å². The molecule has 0 aliphatic heterocycles. The van der Waals surface area contributed by atoms with Gasteiger partial charge in [0, 0.05) is 0 Å². The van der Waals surface area contributed by atoms with Gasteiger partial charge in [-0.05, 0) is 0 Å². The maximum atomic E-state index is 5.43. The molecule has 0 atom stereocenters. The fourth-order valence-electron chi connectivity index (χ4n) is 1.01. The molecular formula is C9H13Cl2OTi. The third-order valence-corrected chi connectivity index (χ3v) is 2.45. The molecule has 0 fully saturated rings. The quantitative estimate of drug-likeness (QED) is 0.370. The van der Waals surface area contributed by atoms with Gasteiger partial charge in [0.25, 0.3) is 0 Å². The predicted octanol–water partition coefficient (Wildman–Crippen LogP) is -3.82. The van der Waals surface area contributed by atoms with Crippen molar-refractivity contribution in [2.24, 2.45) is 0 Å². The molecule has 0 amide bonds. The summed E-state index contributed by atoms with van der Waals surface area (Å²) in [5.41, 5.74) is 1.37. The van der Waals surface area contributed by atoms with Gasteiger partial charge < -0.3 is 24.8 Å². The zero-order valence-corrected chi connectivity index (χ0v) is 10.7. The molecule has 1 aliphatic carbocycles. The third-order valence-electron chi connectivity index (χ3n) is 1.63. The van der Waals surface area contributed by atoms with Crippen LogP contribution in [0.25, 0.3) is 0 Å². The van der Waals surface area contributed by atoms with E-state index in [4.69, 9.17) is 4.74 Å². The Morgan fingerprint density at radius 3 is 2.62 bits per heavy atom. The van der Waals surface area contributed by atoms with Gasteiger partial charge in [-0.15, -0.1) is 0 Å². The van der Waals surface area contributed by atoms with E-state index in [-0.39, 0.29) is 24.8 Å². The van der Waals surface area contributed by atoms with Crippen LogP contribution in [0.4, 0.5) is 0 Å². The van der Waals surface area contributed by atoms with E-state index in [1.165, 1.54) is 9.45 Å². The molecule has 73 valence electrons. The van der Waals surface area contributed by atoms with Crippen molar-refractivity contribution in [2.45, 2.75) is 19.8 Å². The van der Waals surface area contributed by atoms with Crippen LogP contribution in [-0.4, -0.2) is 13.2 Å². The van der Waals surface area contributed by atoms with Crippen molar-refractivity contribution in [3.8, 4) is 0 Å². The minimum atomic E-state index is 0. The Bertz CT molecular complexity index is 190. The molecule has 0 aromatic carbocycles. The van der Waals surface area contributed by atoms with Crippen LogP contribution >= 0.6 is 0 Å². The van der Waals surface area contributed by atoms with Crippen molar-refractivity contribution in [3.05, 3.63) is 21.6 Å². The van der Waals surface area contributed by atoms with Crippen molar-refractivity contribution in [1.82, 2.24) is 0 Å². The summed E-state index contributed by atoms with van der Waals surface area (Å²) in [5, 5.41) is 0. The molecule has 0 heterocycles. The average Bonchev–Trinajstić information content (AvgIpc) is 2.37. The van der Waals surface area contributed by atoms with Crippen LogP contribution < -0.4 is 24.8 Å². The van der Waals surface area contributed by atoms with Gasteiger partial charge in [0.1, 0.15) is 0 Å². The van der Waals surface area contributed by atoms with Crippen molar-refractivity contribution < 1.29 is 50.0 Å². The van der Waals surface area contributed by atoms with E-state index in [0.717, 1.165) is 26.1 Å². The number of ether oxygens (including phenoxy) is 1. The second-order valence-corrected chi connectivity index (χ2v) is 3.61. The number of allylic oxidation sites excluding steroid dienone is 2. The smallest absolute Gasteiger partial charge is 1.00 e. The molecule has 0 N–H and O–H groups in total. The Balaban J connectivity index is 0. The van der Waals surface area contributed by atoms with Gasteiger partial charge in [-0.25, -0.2) is 0 Å². The molecule has 4 heteroatoms. The van der Waals surface area contributed by atoms with Crippen LogP contribution in [0, 0.1) is 0 Å². The van der Waals surface area contributed by atoms with Gasteiger partial charge in [-0.1, -0.05) is 0 Å². The van der Waals surface area contributed by atoms with Gasteiger partial charge in [-0.2, -0.15) is 0 Å². The first-order chi connectivity index (χ1) is 5.34. The van der Waals surface area contributed by atoms with E-state index < -0.39 is 0 Å². The van der Waals surface area contributed by atoms with E-state index in [9.17, 15) is 0 Å². The van der Waals surface area contributed by atoms with E-state index in [1.807, 2.05) is 0 Å². The van der Waals surface area contributed by atoms with Crippen LogP contribution in [0.5, 0.6) is 0 Å². The molecule has 0 spiro atoms.